The minimum absolute atomic E-state index is 0.0342. The third-order valence-electron chi connectivity index (χ3n) is 3.83. The number of carbonyl (C=O) groups excluding carboxylic acids is 1. The number of sulfonamides is 1. The Morgan fingerprint density at radius 1 is 1.23 bits per heavy atom. The smallest absolute Gasteiger partial charge is 0.253 e. The molecule has 2 N–H and O–H groups in total. The van der Waals surface area contributed by atoms with Gasteiger partial charge in [-0.15, -0.1) is 0 Å². The van der Waals surface area contributed by atoms with Gasteiger partial charge in [-0.1, -0.05) is 12.8 Å². The molecule has 1 aromatic carbocycles. The molecule has 7 heteroatoms. The first-order chi connectivity index (χ1) is 10.4. The number of amides is 1. The minimum atomic E-state index is -3.50. The van der Waals surface area contributed by atoms with Gasteiger partial charge in [-0.25, -0.2) is 13.1 Å². The van der Waals surface area contributed by atoms with E-state index in [4.69, 9.17) is 4.74 Å². The lowest BCUT2D eigenvalue weighted by Crippen LogP contribution is -2.32. The molecule has 0 aromatic heterocycles. The predicted octanol–water partition coefficient (Wildman–Crippen LogP) is 1.88. The van der Waals surface area contributed by atoms with Crippen molar-refractivity contribution in [3.8, 4) is 0 Å². The minimum Gasteiger partial charge on any atom is -0.372 e. The van der Waals surface area contributed by atoms with Crippen molar-refractivity contribution in [3.63, 3.8) is 0 Å². The third-order valence-corrected chi connectivity index (χ3v) is 5.37. The van der Waals surface area contributed by atoms with Crippen LogP contribution in [0.25, 0.3) is 0 Å². The topological polar surface area (TPSA) is 84.5 Å². The molecule has 22 heavy (non-hydrogen) atoms. The highest BCUT2D eigenvalue weighted by Gasteiger charge is 2.22. The van der Waals surface area contributed by atoms with Gasteiger partial charge in [-0.2, -0.15) is 0 Å². The van der Waals surface area contributed by atoms with Crippen LogP contribution in [-0.4, -0.2) is 33.6 Å². The van der Waals surface area contributed by atoms with Gasteiger partial charge in [-0.3, -0.25) is 4.79 Å². The van der Waals surface area contributed by atoms with Crippen LogP contribution in [-0.2, 0) is 19.6 Å². The summed E-state index contributed by atoms with van der Waals surface area (Å²) in [6.07, 6.45) is 3.35. The van der Waals surface area contributed by atoms with Gasteiger partial charge in [0.25, 0.3) is 5.91 Å². The summed E-state index contributed by atoms with van der Waals surface area (Å²) in [5, 5.41) is 2.67. The van der Waals surface area contributed by atoms with Crippen molar-refractivity contribution in [3.05, 3.63) is 24.3 Å². The number of hydrogen-bond acceptors (Lipinski definition) is 4. The monoisotopic (exact) mass is 326 g/mol. The summed E-state index contributed by atoms with van der Waals surface area (Å²) in [6, 6.07) is 6.16. The Morgan fingerprint density at radius 3 is 2.36 bits per heavy atom. The maximum atomic E-state index is 12.3. The van der Waals surface area contributed by atoms with Crippen LogP contribution in [0.5, 0.6) is 0 Å². The molecule has 2 rings (SSSR count). The Morgan fingerprint density at radius 2 is 1.82 bits per heavy atom. The Labute approximate surface area is 131 Å². The lowest BCUT2D eigenvalue weighted by Gasteiger charge is -2.13. The Hall–Kier alpha value is -1.44. The lowest BCUT2D eigenvalue weighted by molar-refractivity contribution is -0.124. The molecule has 0 saturated heterocycles. The number of benzene rings is 1. The molecule has 0 unspecified atom stereocenters. The molecule has 6 nitrogen and oxygen atoms in total. The molecule has 1 fully saturated rings. The molecule has 0 aliphatic heterocycles. The average molecular weight is 326 g/mol. The zero-order valence-electron chi connectivity index (χ0n) is 12.8. The SMILES string of the molecule is CO[C@H](C)C(=O)Nc1ccc(S(=O)(=O)NC2CCCC2)cc1. The van der Waals surface area contributed by atoms with Gasteiger partial charge in [0.15, 0.2) is 0 Å². The highest BCUT2D eigenvalue weighted by Crippen LogP contribution is 2.21. The van der Waals surface area contributed by atoms with Gasteiger partial charge in [0, 0.05) is 18.8 Å². The zero-order valence-corrected chi connectivity index (χ0v) is 13.7. The number of ether oxygens (including phenoxy) is 1. The molecule has 122 valence electrons. The van der Waals surface area contributed by atoms with Gasteiger partial charge < -0.3 is 10.1 Å². The summed E-state index contributed by atoms with van der Waals surface area (Å²) in [5.74, 6) is -0.276. The van der Waals surface area contributed by atoms with Crippen LogP contribution < -0.4 is 10.0 Å². The molecule has 0 bridgehead atoms. The third kappa shape index (κ3) is 4.28. The number of carbonyl (C=O) groups is 1. The summed E-state index contributed by atoms with van der Waals surface area (Å²) in [5.41, 5.74) is 0.536. The van der Waals surface area contributed by atoms with Crippen molar-refractivity contribution in [1.29, 1.82) is 0 Å². The predicted molar refractivity (Wildman–Crippen MR) is 84.1 cm³/mol. The van der Waals surface area contributed by atoms with Gasteiger partial charge in [0.1, 0.15) is 6.10 Å². The quantitative estimate of drug-likeness (QED) is 0.836. The molecule has 1 atom stereocenters. The van der Waals surface area contributed by atoms with Crippen molar-refractivity contribution in [2.24, 2.45) is 0 Å². The van der Waals surface area contributed by atoms with Crippen molar-refractivity contribution in [2.45, 2.75) is 49.6 Å². The van der Waals surface area contributed by atoms with Crippen molar-refractivity contribution < 1.29 is 17.9 Å². The summed E-state index contributed by atoms with van der Waals surface area (Å²) >= 11 is 0. The van der Waals surface area contributed by atoms with E-state index in [-0.39, 0.29) is 16.8 Å². The van der Waals surface area contributed by atoms with Gasteiger partial charge in [0.2, 0.25) is 10.0 Å². The van der Waals surface area contributed by atoms with E-state index in [2.05, 4.69) is 10.0 Å². The summed E-state index contributed by atoms with van der Waals surface area (Å²) in [6.45, 7) is 1.64. The maximum absolute atomic E-state index is 12.3. The molecule has 1 amide bonds. The second-order valence-electron chi connectivity index (χ2n) is 5.49. The zero-order chi connectivity index (χ0) is 16.2. The fraction of sp³-hybridized carbons (Fsp3) is 0.533. The van der Waals surface area contributed by atoms with E-state index in [9.17, 15) is 13.2 Å². The molecular weight excluding hydrogens is 304 g/mol. The van der Waals surface area contributed by atoms with Crippen molar-refractivity contribution in [2.75, 3.05) is 12.4 Å². The molecule has 0 heterocycles. The highest BCUT2D eigenvalue weighted by molar-refractivity contribution is 7.89. The van der Waals surface area contributed by atoms with Gasteiger partial charge in [0.05, 0.1) is 4.90 Å². The summed E-state index contributed by atoms with van der Waals surface area (Å²) < 4.78 is 32.2. The summed E-state index contributed by atoms with van der Waals surface area (Å²) in [7, 11) is -2.04. The fourth-order valence-electron chi connectivity index (χ4n) is 2.40. The highest BCUT2D eigenvalue weighted by atomic mass is 32.2. The van der Waals surface area contributed by atoms with Crippen LogP contribution >= 0.6 is 0 Å². The van der Waals surface area contributed by atoms with E-state index in [0.29, 0.717) is 5.69 Å². The maximum Gasteiger partial charge on any atom is 0.253 e. The fourth-order valence-corrected chi connectivity index (χ4v) is 3.70. The van der Waals surface area contributed by atoms with E-state index in [1.807, 2.05) is 0 Å². The molecule has 1 saturated carbocycles. The number of anilines is 1. The van der Waals surface area contributed by atoms with E-state index in [1.165, 1.54) is 19.2 Å². The first-order valence-corrected chi connectivity index (χ1v) is 8.87. The normalized spacial score (nSPS) is 17.4. The van der Waals surface area contributed by atoms with Crippen LogP contribution in [0.1, 0.15) is 32.6 Å². The molecular formula is C15H22N2O4S. The standard InChI is InChI=1S/C15H22N2O4S/c1-11(21-2)15(18)16-12-7-9-14(10-8-12)22(19,20)17-13-5-3-4-6-13/h7-11,13,17H,3-6H2,1-2H3,(H,16,18)/t11-/m1/s1. The van der Waals surface area contributed by atoms with E-state index < -0.39 is 16.1 Å². The van der Waals surface area contributed by atoms with Crippen LogP contribution in [0.15, 0.2) is 29.2 Å². The number of methoxy groups -OCH3 is 1. The average Bonchev–Trinajstić information content (AvgIpc) is 2.99. The largest absolute Gasteiger partial charge is 0.372 e. The van der Waals surface area contributed by atoms with E-state index in [1.54, 1.807) is 19.1 Å². The lowest BCUT2D eigenvalue weighted by atomic mass is 10.3. The van der Waals surface area contributed by atoms with Crippen LogP contribution in [0.2, 0.25) is 0 Å². The van der Waals surface area contributed by atoms with Crippen molar-refractivity contribution in [1.82, 2.24) is 4.72 Å². The van der Waals surface area contributed by atoms with Gasteiger partial charge in [-0.05, 0) is 44.0 Å². The van der Waals surface area contributed by atoms with E-state index >= 15 is 0 Å². The molecule has 0 radical (unpaired) electrons. The van der Waals surface area contributed by atoms with Crippen LogP contribution in [0.3, 0.4) is 0 Å². The number of nitrogens with one attached hydrogen (secondary N) is 2. The Balaban J connectivity index is 2.03. The number of rotatable bonds is 6. The second-order valence-corrected chi connectivity index (χ2v) is 7.21. The molecule has 1 aliphatic rings. The Kier molecular flexibility index (Phi) is 5.55. The molecule has 0 spiro atoms. The van der Waals surface area contributed by atoms with Crippen LogP contribution in [0, 0.1) is 0 Å². The summed E-state index contributed by atoms with van der Waals surface area (Å²) in [4.78, 5) is 11.9. The molecule has 1 aliphatic carbocycles. The first-order valence-electron chi connectivity index (χ1n) is 7.38. The Bertz CT molecular complexity index is 607. The van der Waals surface area contributed by atoms with E-state index in [0.717, 1.165) is 25.7 Å². The second kappa shape index (κ2) is 7.21. The van der Waals surface area contributed by atoms with Gasteiger partial charge >= 0.3 is 0 Å². The van der Waals surface area contributed by atoms with Crippen LogP contribution in [0.4, 0.5) is 5.69 Å². The molecule has 1 aromatic rings. The number of hydrogen-bond donors (Lipinski definition) is 2. The first kappa shape index (κ1) is 16.9. The van der Waals surface area contributed by atoms with Crippen molar-refractivity contribution >= 4 is 21.6 Å².